The Morgan fingerprint density at radius 3 is 2.60 bits per heavy atom. The number of hydrogen-bond donors (Lipinski definition) is 2. The van der Waals surface area contributed by atoms with E-state index in [0.717, 1.165) is 12.8 Å². The average Bonchev–Trinajstić information content (AvgIpc) is 2.52. The van der Waals surface area contributed by atoms with Crippen molar-refractivity contribution in [2.45, 2.75) is 45.6 Å². The van der Waals surface area contributed by atoms with Crippen LogP contribution in [0.1, 0.15) is 49.9 Å². The van der Waals surface area contributed by atoms with Gasteiger partial charge in [-0.25, -0.2) is 0 Å². The Hall–Kier alpha value is -1.95. The lowest BCUT2D eigenvalue weighted by Crippen LogP contribution is -2.46. The maximum Gasteiger partial charge on any atom is 0.306 e. The molecule has 1 aliphatic rings. The molecule has 1 aromatic rings. The number of amides is 1. The number of rotatable bonds is 9. The topological polar surface area (TPSA) is 84.9 Å². The van der Waals surface area contributed by atoms with Crippen molar-refractivity contribution < 1.29 is 24.2 Å². The molecule has 0 aliphatic heterocycles. The van der Waals surface area contributed by atoms with Gasteiger partial charge in [-0.3, -0.25) is 9.59 Å². The second-order valence-corrected chi connectivity index (χ2v) is 6.50. The summed E-state index contributed by atoms with van der Waals surface area (Å²) in [5.74, 6) is -0.601. The zero-order chi connectivity index (χ0) is 18.4. The normalized spacial score (nSPS) is 19.0. The first-order valence-corrected chi connectivity index (χ1v) is 8.96. The van der Waals surface area contributed by atoms with Gasteiger partial charge < -0.3 is 19.9 Å². The van der Waals surface area contributed by atoms with Crippen LogP contribution in [0, 0.1) is 5.92 Å². The number of carboxylic acid groups (broad SMARTS) is 1. The predicted octanol–water partition coefficient (Wildman–Crippen LogP) is 3.51. The molecule has 0 spiro atoms. The third-order valence-corrected chi connectivity index (χ3v) is 4.42. The molecule has 6 nitrogen and oxygen atoms in total. The molecule has 25 heavy (non-hydrogen) atoms. The van der Waals surface area contributed by atoms with Gasteiger partial charge in [-0.1, -0.05) is 24.9 Å². The summed E-state index contributed by atoms with van der Waals surface area (Å²) in [6.07, 6.45) is 2.80. The van der Waals surface area contributed by atoms with Crippen LogP contribution in [-0.4, -0.2) is 36.2 Å². The number of unbranched alkanes of at least 4 members (excludes halogenated alkanes) is 1. The van der Waals surface area contributed by atoms with Crippen molar-refractivity contribution in [2.75, 3.05) is 13.2 Å². The lowest BCUT2D eigenvalue weighted by molar-refractivity contribution is -0.145. The zero-order valence-corrected chi connectivity index (χ0v) is 15.3. The van der Waals surface area contributed by atoms with E-state index >= 15 is 0 Å². The van der Waals surface area contributed by atoms with Crippen LogP contribution in [0.2, 0.25) is 5.02 Å². The van der Waals surface area contributed by atoms with Gasteiger partial charge in [0.2, 0.25) is 0 Å². The van der Waals surface area contributed by atoms with Gasteiger partial charge in [-0.15, -0.1) is 0 Å². The van der Waals surface area contributed by atoms with Gasteiger partial charge in [0, 0.05) is 11.6 Å². The summed E-state index contributed by atoms with van der Waals surface area (Å²) in [7, 11) is 0. The molecule has 0 radical (unpaired) electrons. The molecule has 0 heterocycles. The Morgan fingerprint density at radius 1 is 1.28 bits per heavy atom. The number of carboxylic acids is 1. The summed E-state index contributed by atoms with van der Waals surface area (Å²) in [6, 6.07) is 3.04. The number of nitrogens with one attached hydrogen (secondary N) is 1. The van der Waals surface area contributed by atoms with Gasteiger partial charge in [-0.05, 0) is 38.3 Å². The standard InChI is InChI=1S/C18H24ClNO5/c1-3-5-6-25-16-14(19)9-11(10-15(16)24-4-2)17(21)20-13-7-12(8-13)18(22)23/h9-10,12-13H,3-8H2,1-2H3,(H,20,21)(H,22,23). The number of halogens is 1. The van der Waals surface area contributed by atoms with Crippen molar-refractivity contribution in [1.29, 1.82) is 0 Å². The SMILES string of the molecule is CCCCOc1c(Cl)cc(C(=O)NC2CC(C(=O)O)C2)cc1OCC. The first-order valence-electron chi connectivity index (χ1n) is 8.59. The van der Waals surface area contributed by atoms with Crippen molar-refractivity contribution in [3.05, 3.63) is 22.7 Å². The van der Waals surface area contributed by atoms with Crippen LogP contribution in [0.5, 0.6) is 11.5 Å². The lowest BCUT2D eigenvalue weighted by atomic mass is 9.80. The van der Waals surface area contributed by atoms with Crippen molar-refractivity contribution in [2.24, 2.45) is 5.92 Å². The van der Waals surface area contributed by atoms with E-state index in [1.807, 2.05) is 6.92 Å². The molecule has 1 aromatic carbocycles. The van der Waals surface area contributed by atoms with E-state index in [1.54, 1.807) is 12.1 Å². The molecule has 2 rings (SSSR count). The van der Waals surface area contributed by atoms with Crippen LogP contribution < -0.4 is 14.8 Å². The molecule has 0 saturated heterocycles. The smallest absolute Gasteiger partial charge is 0.306 e. The van der Waals surface area contributed by atoms with E-state index < -0.39 is 5.97 Å². The van der Waals surface area contributed by atoms with Crippen LogP contribution >= 0.6 is 11.6 Å². The van der Waals surface area contributed by atoms with Crippen LogP contribution in [0.15, 0.2) is 12.1 Å². The number of carbonyl (C=O) groups is 2. The first kappa shape index (κ1) is 19.4. The quantitative estimate of drug-likeness (QED) is 0.650. The van der Waals surface area contributed by atoms with Crippen molar-refractivity contribution >= 4 is 23.5 Å². The molecule has 1 saturated carbocycles. The van der Waals surface area contributed by atoms with Gasteiger partial charge in [0.1, 0.15) is 0 Å². The molecule has 0 atom stereocenters. The van der Waals surface area contributed by atoms with Crippen LogP contribution in [0.4, 0.5) is 0 Å². The molecule has 1 amide bonds. The number of carbonyl (C=O) groups excluding carboxylic acids is 1. The van der Waals surface area contributed by atoms with E-state index in [0.29, 0.717) is 48.1 Å². The first-order chi connectivity index (χ1) is 12.0. The minimum atomic E-state index is -0.819. The number of hydrogen-bond acceptors (Lipinski definition) is 4. The fourth-order valence-electron chi connectivity index (χ4n) is 2.63. The monoisotopic (exact) mass is 369 g/mol. The highest BCUT2D eigenvalue weighted by Crippen LogP contribution is 2.37. The van der Waals surface area contributed by atoms with Crippen molar-refractivity contribution in [3.63, 3.8) is 0 Å². The molecule has 1 fully saturated rings. The van der Waals surface area contributed by atoms with E-state index in [4.69, 9.17) is 26.2 Å². The Morgan fingerprint density at radius 2 is 2.00 bits per heavy atom. The highest BCUT2D eigenvalue weighted by Gasteiger charge is 2.35. The van der Waals surface area contributed by atoms with Gasteiger partial charge in [0.15, 0.2) is 11.5 Å². The molecule has 0 unspecified atom stereocenters. The maximum atomic E-state index is 12.4. The Balaban J connectivity index is 2.07. The third-order valence-electron chi connectivity index (χ3n) is 4.14. The maximum absolute atomic E-state index is 12.4. The summed E-state index contributed by atoms with van der Waals surface area (Å²) >= 11 is 6.28. The average molecular weight is 370 g/mol. The molecule has 1 aliphatic carbocycles. The number of benzene rings is 1. The Labute approximate surface area is 152 Å². The summed E-state index contributed by atoms with van der Waals surface area (Å²) in [5, 5.41) is 12.0. The van der Waals surface area contributed by atoms with E-state index in [2.05, 4.69) is 12.2 Å². The predicted molar refractivity (Wildman–Crippen MR) is 94.6 cm³/mol. The molecule has 2 N–H and O–H groups in total. The van der Waals surface area contributed by atoms with E-state index in [9.17, 15) is 9.59 Å². The van der Waals surface area contributed by atoms with Crippen molar-refractivity contribution in [1.82, 2.24) is 5.32 Å². The minimum absolute atomic E-state index is 0.122. The largest absolute Gasteiger partial charge is 0.490 e. The van der Waals surface area contributed by atoms with Crippen LogP contribution in [-0.2, 0) is 4.79 Å². The summed E-state index contributed by atoms with van der Waals surface area (Å²) in [5.41, 5.74) is 0.370. The molecular weight excluding hydrogens is 346 g/mol. The third kappa shape index (κ3) is 5.01. The molecule has 138 valence electrons. The van der Waals surface area contributed by atoms with E-state index in [-0.39, 0.29) is 17.9 Å². The molecule has 0 aromatic heterocycles. The summed E-state index contributed by atoms with van der Waals surface area (Å²) in [6.45, 7) is 4.86. The highest BCUT2D eigenvalue weighted by atomic mass is 35.5. The number of ether oxygens (including phenoxy) is 2. The molecular formula is C18H24ClNO5. The second-order valence-electron chi connectivity index (χ2n) is 6.10. The molecule has 7 heteroatoms. The van der Waals surface area contributed by atoms with E-state index in [1.165, 1.54) is 0 Å². The summed E-state index contributed by atoms with van der Waals surface area (Å²) in [4.78, 5) is 23.2. The van der Waals surface area contributed by atoms with Gasteiger partial charge in [-0.2, -0.15) is 0 Å². The summed E-state index contributed by atoms with van der Waals surface area (Å²) < 4.78 is 11.3. The van der Waals surface area contributed by atoms with Gasteiger partial charge in [0.25, 0.3) is 5.91 Å². The van der Waals surface area contributed by atoms with Crippen LogP contribution in [0.25, 0.3) is 0 Å². The Kier molecular flexibility index (Phi) is 6.93. The van der Waals surface area contributed by atoms with Crippen molar-refractivity contribution in [3.8, 4) is 11.5 Å². The van der Waals surface area contributed by atoms with Gasteiger partial charge >= 0.3 is 5.97 Å². The second kappa shape index (κ2) is 8.94. The zero-order valence-electron chi connectivity index (χ0n) is 14.5. The lowest BCUT2D eigenvalue weighted by Gasteiger charge is -2.32. The number of aliphatic carboxylic acids is 1. The molecule has 0 bridgehead atoms. The van der Waals surface area contributed by atoms with Crippen LogP contribution in [0.3, 0.4) is 0 Å². The fraction of sp³-hybridized carbons (Fsp3) is 0.556. The minimum Gasteiger partial charge on any atom is -0.490 e. The van der Waals surface area contributed by atoms with Gasteiger partial charge in [0.05, 0.1) is 24.2 Å². The Bertz CT molecular complexity index is 628. The highest BCUT2D eigenvalue weighted by molar-refractivity contribution is 6.32. The fourth-order valence-corrected chi connectivity index (χ4v) is 2.89.